The van der Waals surface area contributed by atoms with Gasteiger partial charge in [0.25, 0.3) is 5.91 Å². The number of hydrogen-bond donors (Lipinski definition) is 2. The van der Waals surface area contributed by atoms with E-state index in [9.17, 15) is 9.90 Å². The van der Waals surface area contributed by atoms with Crippen LogP contribution < -0.4 is 5.73 Å². The van der Waals surface area contributed by atoms with Gasteiger partial charge in [-0.25, -0.2) is 0 Å². The van der Waals surface area contributed by atoms with Gasteiger partial charge >= 0.3 is 0 Å². The van der Waals surface area contributed by atoms with Crippen molar-refractivity contribution < 1.29 is 9.90 Å². The van der Waals surface area contributed by atoms with Gasteiger partial charge in [0.1, 0.15) is 5.75 Å². The Kier molecular flexibility index (Phi) is 5.16. The van der Waals surface area contributed by atoms with E-state index in [0.717, 1.165) is 6.42 Å². The van der Waals surface area contributed by atoms with Gasteiger partial charge in [-0.2, -0.15) is 0 Å². The first-order chi connectivity index (χ1) is 8.41. The van der Waals surface area contributed by atoms with Gasteiger partial charge in [0.05, 0.1) is 0 Å². The van der Waals surface area contributed by atoms with Crippen molar-refractivity contribution >= 4 is 5.91 Å². The van der Waals surface area contributed by atoms with Crippen molar-refractivity contribution in [3.8, 4) is 5.75 Å². The van der Waals surface area contributed by atoms with Gasteiger partial charge < -0.3 is 15.7 Å². The molecule has 1 aromatic rings. The molecule has 18 heavy (non-hydrogen) atoms. The minimum Gasteiger partial charge on any atom is -0.508 e. The topological polar surface area (TPSA) is 66.6 Å². The summed E-state index contributed by atoms with van der Waals surface area (Å²) in [6.07, 6.45) is 0.777. The van der Waals surface area contributed by atoms with Crippen molar-refractivity contribution in [3.63, 3.8) is 0 Å². The van der Waals surface area contributed by atoms with Crippen LogP contribution in [0.4, 0.5) is 0 Å². The van der Waals surface area contributed by atoms with E-state index >= 15 is 0 Å². The number of rotatable bonds is 5. The lowest BCUT2D eigenvalue weighted by molar-refractivity contribution is 0.0788. The fourth-order valence-corrected chi connectivity index (χ4v) is 1.64. The summed E-state index contributed by atoms with van der Waals surface area (Å²) in [5.74, 6) is 0.421. The molecule has 1 amide bonds. The Morgan fingerprint density at radius 3 is 2.67 bits per heavy atom. The van der Waals surface area contributed by atoms with E-state index in [1.807, 2.05) is 0 Å². The first-order valence-electron chi connectivity index (χ1n) is 6.22. The molecule has 1 unspecified atom stereocenters. The highest BCUT2D eigenvalue weighted by atomic mass is 16.3. The molecule has 1 atom stereocenters. The molecule has 0 radical (unpaired) electrons. The van der Waals surface area contributed by atoms with Crippen molar-refractivity contribution in [1.29, 1.82) is 0 Å². The van der Waals surface area contributed by atoms with Crippen LogP contribution in [0.15, 0.2) is 24.3 Å². The van der Waals surface area contributed by atoms with Crippen molar-refractivity contribution in [3.05, 3.63) is 29.8 Å². The summed E-state index contributed by atoms with van der Waals surface area (Å²) in [5.41, 5.74) is 6.45. The van der Waals surface area contributed by atoms with E-state index in [1.54, 1.807) is 30.1 Å². The van der Waals surface area contributed by atoms with Gasteiger partial charge in [0, 0.05) is 25.2 Å². The number of nitrogens with two attached hydrogens (primary N) is 1. The SMILES string of the molecule is CC(C)C(N)CCN(C)C(=O)c1cccc(O)c1. The van der Waals surface area contributed by atoms with Crippen LogP contribution in [0.3, 0.4) is 0 Å². The predicted octanol–water partition coefficient (Wildman–Crippen LogP) is 1.84. The molecule has 3 N–H and O–H groups in total. The summed E-state index contributed by atoms with van der Waals surface area (Å²) >= 11 is 0. The second-order valence-corrected chi connectivity index (χ2v) is 4.97. The predicted molar refractivity (Wildman–Crippen MR) is 72.5 cm³/mol. The van der Waals surface area contributed by atoms with Gasteiger partial charge in [-0.05, 0) is 30.5 Å². The summed E-state index contributed by atoms with van der Waals surface area (Å²) in [4.78, 5) is 13.7. The maximum Gasteiger partial charge on any atom is 0.253 e. The van der Waals surface area contributed by atoms with Crippen LogP contribution in [0.2, 0.25) is 0 Å². The van der Waals surface area contributed by atoms with Crippen LogP contribution in [0.5, 0.6) is 5.75 Å². The van der Waals surface area contributed by atoms with Gasteiger partial charge in [0.2, 0.25) is 0 Å². The van der Waals surface area contributed by atoms with E-state index < -0.39 is 0 Å². The van der Waals surface area contributed by atoms with E-state index in [1.165, 1.54) is 6.07 Å². The minimum atomic E-state index is -0.0955. The Bertz CT molecular complexity index is 405. The van der Waals surface area contributed by atoms with E-state index in [4.69, 9.17) is 5.73 Å². The highest BCUT2D eigenvalue weighted by Gasteiger charge is 2.14. The number of carbonyl (C=O) groups is 1. The lowest BCUT2D eigenvalue weighted by Gasteiger charge is -2.21. The van der Waals surface area contributed by atoms with Crippen LogP contribution in [-0.2, 0) is 0 Å². The quantitative estimate of drug-likeness (QED) is 0.838. The third-order valence-electron chi connectivity index (χ3n) is 3.09. The van der Waals surface area contributed by atoms with E-state index in [-0.39, 0.29) is 17.7 Å². The molecule has 100 valence electrons. The standard InChI is InChI=1S/C14H22N2O2/c1-10(2)13(15)7-8-16(3)14(18)11-5-4-6-12(17)9-11/h4-6,9-10,13,17H,7-8,15H2,1-3H3. The third-order valence-corrected chi connectivity index (χ3v) is 3.09. The number of nitrogens with zero attached hydrogens (tertiary/aromatic N) is 1. The molecule has 0 heterocycles. The molecule has 4 nitrogen and oxygen atoms in total. The first kappa shape index (κ1) is 14.5. The summed E-state index contributed by atoms with van der Waals surface area (Å²) < 4.78 is 0. The average molecular weight is 250 g/mol. The molecule has 0 aliphatic rings. The highest BCUT2D eigenvalue weighted by molar-refractivity contribution is 5.94. The van der Waals surface area contributed by atoms with Gasteiger partial charge in [0.15, 0.2) is 0 Å². The first-order valence-corrected chi connectivity index (χ1v) is 6.22. The van der Waals surface area contributed by atoms with Crippen molar-refractivity contribution in [1.82, 2.24) is 4.90 Å². The third kappa shape index (κ3) is 4.04. The summed E-state index contributed by atoms with van der Waals surface area (Å²) in [6, 6.07) is 6.48. The number of aromatic hydroxyl groups is 1. The molecule has 0 saturated carbocycles. The molecule has 0 spiro atoms. The molecule has 0 aromatic heterocycles. The zero-order chi connectivity index (χ0) is 13.7. The van der Waals surface area contributed by atoms with Crippen molar-refractivity contribution in [2.75, 3.05) is 13.6 Å². The summed E-state index contributed by atoms with van der Waals surface area (Å²) in [5, 5.41) is 9.34. The molecule has 0 fully saturated rings. The zero-order valence-corrected chi connectivity index (χ0v) is 11.3. The maximum absolute atomic E-state index is 12.1. The number of carbonyl (C=O) groups excluding carboxylic acids is 1. The van der Waals surface area contributed by atoms with Gasteiger partial charge in [-0.3, -0.25) is 4.79 Å². The molecule has 0 aliphatic carbocycles. The van der Waals surface area contributed by atoms with E-state index in [2.05, 4.69) is 13.8 Å². The lowest BCUT2D eigenvalue weighted by Crippen LogP contribution is -2.34. The zero-order valence-electron chi connectivity index (χ0n) is 11.3. The molecule has 1 aromatic carbocycles. The van der Waals surface area contributed by atoms with Crippen LogP contribution in [0.1, 0.15) is 30.6 Å². The maximum atomic E-state index is 12.1. The Balaban J connectivity index is 2.57. The Morgan fingerprint density at radius 2 is 2.11 bits per heavy atom. The number of hydrogen-bond acceptors (Lipinski definition) is 3. The minimum absolute atomic E-state index is 0.0955. The molecular formula is C14H22N2O2. The van der Waals surface area contributed by atoms with Crippen molar-refractivity contribution in [2.45, 2.75) is 26.3 Å². The highest BCUT2D eigenvalue weighted by Crippen LogP contribution is 2.13. The summed E-state index contributed by atoms with van der Waals surface area (Å²) in [7, 11) is 1.75. The fourth-order valence-electron chi connectivity index (χ4n) is 1.64. The monoisotopic (exact) mass is 250 g/mol. The number of amides is 1. The van der Waals surface area contributed by atoms with E-state index in [0.29, 0.717) is 18.0 Å². The largest absolute Gasteiger partial charge is 0.508 e. The van der Waals surface area contributed by atoms with Gasteiger partial charge in [-0.15, -0.1) is 0 Å². The number of benzene rings is 1. The van der Waals surface area contributed by atoms with Crippen LogP contribution >= 0.6 is 0 Å². The molecular weight excluding hydrogens is 228 g/mol. The van der Waals surface area contributed by atoms with Gasteiger partial charge in [-0.1, -0.05) is 19.9 Å². The molecule has 0 aliphatic heterocycles. The number of phenols is 1. The number of phenolic OH excluding ortho intramolecular Hbond substituents is 1. The smallest absolute Gasteiger partial charge is 0.253 e. The average Bonchev–Trinajstić information content (AvgIpc) is 2.34. The van der Waals surface area contributed by atoms with Crippen LogP contribution in [0.25, 0.3) is 0 Å². The molecule has 4 heteroatoms. The van der Waals surface area contributed by atoms with Crippen LogP contribution in [-0.4, -0.2) is 35.5 Å². The van der Waals surface area contributed by atoms with Crippen molar-refractivity contribution in [2.24, 2.45) is 11.7 Å². The Morgan fingerprint density at radius 1 is 1.44 bits per heavy atom. The Hall–Kier alpha value is -1.55. The normalized spacial score (nSPS) is 12.5. The lowest BCUT2D eigenvalue weighted by atomic mass is 10.0. The van der Waals surface area contributed by atoms with Crippen LogP contribution in [0, 0.1) is 5.92 Å². The molecule has 1 rings (SSSR count). The second-order valence-electron chi connectivity index (χ2n) is 4.97. The Labute approximate surface area is 108 Å². The molecule has 0 bridgehead atoms. The summed E-state index contributed by atoms with van der Waals surface area (Å²) in [6.45, 7) is 4.76. The molecule has 0 saturated heterocycles. The second kappa shape index (κ2) is 6.40. The fraction of sp³-hybridized carbons (Fsp3) is 0.500.